The van der Waals surface area contributed by atoms with Gasteiger partial charge in [-0.3, -0.25) is 0 Å². The van der Waals surface area contributed by atoms with E-state index < -0.39 is 0 Å². The highest BCUT2D eigenvalue weighted by atomic mass is 35.5. The van der Waals surface area contributed by atoms with Gasteiger partial charge in [0.2, 0.25) is 0 Å². The number of rotatable bonds is 3. The van der Waals surface area contributed by atoms with Crippen molar-refractivity contribution in [2.24, 2.45) is 10.8 Å². The van der Waals surface area contributed by atoms with Crippen molar-refractivity contribution in [3.8, 4) is 0 Å². The molecule has 4 heteroatoms. The Hall–Kier alpha value is -0.730. The van der Waals surface area contributed by atoms with E-state index in [2.05, 4.69) is 32.3 Å². The Morgan fingerprint density at radius 2 is 1.85 bits per heavy atom. The second-order valence-electron chi connectivity index (χ2n) is 6.79. The van der Waals surface area contributed by atoms with E-state index in [1.807, 2.05) is 18.2 Å². The maximum atomic E-state index is 6.44. The van der Waals surface area contributed by atoms with Crippen LogP contribution >= 0.6 is 23.2 Å². The van der Waals surface area contributed by atoms with Gasteiger partial charge in [-0.1, -0.05) is 45.4 Å². The van der Waals surface area contributed by atoms with Gasteiger partial charge in [0.05, 0.1) is 16.1 Å². The SMILES string of the molecule is CC1(C)C(n2c(CCCl)nc3cccc(Cl)c32)C1(C)C. The molecule has 1 aliphatic rings. The second kappa shape index (κ2) is 4.38. The van der Waals surface area contributed by atoms with Crippen molar-refractivity contribution in [3.05, 3.63) is 29.0 Å². The van der Waals surface area contributed by atoms with Gasteiger partial charge in [0.1, 0.15) is 5.82 Å². The van der Waals surface area contributed by atoms with Gasteiger partial charge in [-0.2, -0.15) is 0 Å². The van der Waals surface area contributed by atoms with Crippen molar-refractivity contribution in [2.75, 3.05) is 5.88 Å². The highest BCUT2D eigenvalue weighted by Gasteiger charge is 2.66. The molecule has 1 saturated carbocycles. The number of aryl methyl sites for hydroxylation is 1. The van der Waals surface area contributed by atoms with Gasteiger partial charge in [0.25, 0.3) is 0 Å². The summed E-state index contributed by atoms with van der Waals surface area (Å²) in [5, 5.41) is 0.773. The number of halogens is 2. The van der Waals surface area contributed by atoms with Gasteiger partial charge < -0.3 is 4.57 Å². The van der Waals surface area contributed by atoms with E-state index >= 15 is 0 Å². The fourth-order valence-electron chi connectivity index (χ4n) is 3.50. The van der Waals surface area contributed by atoms with Gasteiger partial charge in [-0.15, -0.1) is 11.6 Å². The molecule has 1 aromatic heterocycles. The smallest absolute Gasteiger partial charge is 0.111 e. The number of aromatic nitrogens is 2. The average molecular weight is 311 g/mol. The van der Waals surface area contributed by atoms with Crippen molar-refractivity contribution in [3.63, 3.8) is 0 Å². The van der Waals surface area contributed by atoms with Crippen LogP contribution in [0, 0.1) is 10.8 Å². The molecular formula is C16H20Cl2N2. The zero-order valence-electron chi connectivity index (χ0n) is 12.4. The Bertz CT molecular complexity index is 656. The van der Waals surface area contributed by atoms with Crippen molar-refractivity contribution >= 4 is 34.2 Å². The second-order valence-corrected chi connectivity index (χ2v) is 7.58. The molecule has 0 atom stereocenters. The number of fused-ring (bicyclic) bond motifs is 1. The summed E-state index contributed by atoms with van der Waals surface area (Å²) in [6.45, 7) is 9.24. The van der Waals surface area contributed by atoms with Crippen LogP contribution in [0.4, 0.5) is 0 Å². The maximum Gasteiger partial charge on any atom is 0.111 e. The largest absolute Gasteiger partial charge is 0.322 e. The van der Waals surface area contributed by atoms with Crippen LogP contribution in [0.1, 0.15) is 39.6 Å². The van der Waals surface area contributed by atoms with Crippen LogP contribution in [0.2, 0.25) is 5.02 Å². The van der Waals surface area contributed by atoms with Crippen molar-refractivity contribution in [2.45, 2.75) is 40.2 Å². The highest BCUT2D eigenvalue weighted by Crippen LogP contribution is 2.72. The lowest BCUT2D eigenvalue weighted by Crippen LogP contribution is -2.07. The lowest BCUT2D eigenvalue weighted by Gasteiger charge is -2.11. The van der Waals surface area contributed by atoms with Crippen LogP contribution in [0.5, 0.6) is 0 Å². The zero-order valence-corrected chi connectivity index (χ0v) is 13.9. The summed E-state index contributed by atoms with van der Waals surface area (Å²) in [6.07, 6.45) is 0.773. The molecule has 0 radical (unpaired) electrons. The molecule has 0 N–H and O–H groups in total. The molecule has 1 fully saturated rings. The molecule has 2 nitrogen and oxygen atoms in total. The van der Waals surface area contributed by atoms with Crippen LogP contribution in [-0.4, -0.2) is 15.4 Å². The van der Waals surface area contributed by atoms with Gasteiger partial charge >= 0.3 is 0 Å². The lowest BCUT2D eigenvalue weighted by molar-refractivity contribution is 0.457. The number of para-hydroxylation sites is 1. The summed E-state index contributed by atoms with van der Waals surface area (Å²) >= 11 is 12.4. The molecule has 0 spiro atoms. The standard InChI is InChI=1S/C16H20Cl2N2/c1-15(2)14(16(15,3)4)20-12(8-9-17)19-11-7-5-6-10(18)13(11)20/h5-7,14H,8-9H2,1-4H3. The molecule has 1 aromatic carbocycles. The Balaban J connectivity index is 2.26. The zero-order chi connectivity index (χ0) is 14.7. The summed E-state index contributed by atoms with van der Waals surface area (Å²) in [6, 6.07) is 6.33. The minimum atomic E-state index is 0.237. The molecular weight excluding hydrogens is 291 g/mol. The monoisotopic (exact) mass is 310 g/mol. The minimum Gasteiger partial charge on any atom is -0.322 e. The van der Waals surface area contributed by atoms with Gasteiger partial charge in [-0.05, 0) is 23.0 Å². The average Bonchev–Trinajstić information content (AvgIpc) is 2.66. The first kappa shape index (κ1) is 14.2. The quantitative estimate of drug-likeness (QED) is 0.723. The summed E-state index contributed by atoms with van der Waals surface area (Å²) in [4.78, 5) is 4.75. The summed E-state index contributed by atoms with van der Waals surface area (Å²) in [5.74, 6) is 1.63. The van der Waals surface area contributed by atoms with Crippen LogP contribution in [0.15, 0.2) is 18.2 Å². The van der Waals surface area contributed by atoms with E-state index in [0.717, 1.165) is 28.3 Å². The summed E-state index contributed by atoms with van der Waals surface area (Å²) in [7, 11) is 0. The van der Waals surface area contributed by atoms with E-state index in [9.17, 15) is 0 Å². The van der Waals surface area contributed by atoms with E-state index in [1.165, 1.54) is 0 Å². The number of imidazole rings is 1. The number of hydrogen-bond acceptors (Lipinski definition) is 1. The van der Waals surface area contributed by atoms with Crippen LogP contribution < -0.4 is 0 Å². The normalized spacial score (nSPS) is 20.5. The minimum absolute atomic E-state index is 0.237. The first-order valence-corrected chi connectivity index (χ1v) is 7.95. The molecule has 0 saturated heterocycles. The molecule has 0 aliphatic heterocycles. The van der Waals surface area contributed by atoms with E-state index in [1.54, 1.807) is 0 Å². The Kier molecular flexibility index (Phi) is 3.11. The summed E-state index contributed by atoms with van der Waals surface area (Å²) < 4.78 is 2.33. The lowest BCUT2D eigenvalue weighted by atomic mass is 10.0. The fourth-order valence-corrected chi connectivity index (χ4v) is 3.93. The van der Waals surface area contributed by atoms with Crippen molar-refractivity contribution in [1.29, 1.82) is 0 Å². The fraction of sp³-hybridized carbons (Fsp3) is 0.562. The molecule has 0 unspecified atom stereocenters. The number of alkyl halides is 1. The van der Waals surface area contributed by atoms with Gasteiger partial charge in [-0.25, -0.2) is 4.98 Å². The summed E-state index contributed by atoms with van der Waals surface area (Å²) in [5.41, 5.74) is 2.50. The third-order valence-corrected chi connectivity index (χ3v) is 5.75. The molecule has 0 amide bonds. The molecule has 2 aromatic rings. The first-order chi connectivity index (χ1) is 9.32. The Labute approximate surface area is 130 Å². The highest BCUT2D eigenvalue weighted by molar-refractivity contribution is 6.35. The first-order valence-electron chi connectivity index (χ1n) is 7.03. The van der Waals surface area contributed by atoms with E-state index in [4.69, 9.17) is 28.2 Å². The van der Waals surface area contributed by atoms with Crippen LogP contribution in [0.3, 0.4) is 0 Å². The predicted octanol–water partition coefficient (Wildman–Crippen LogP) is 5.08. The van der Waals surface area contributed by atoms with E-state index in [-0.39, 0.29) is 10.8 Å². The molecule has 0 bridgehead atoms. The molecule has 1 aliphatic carbocycles. The van der Waals surface area contributed by atoms with Crippen LogP contribution in [0.25, 0.3) is 11.0 Å². The third-order valence-electron chi connectivity index (χ3n) is 5.25. The molecule has 108 valence electrons. The van der Waals surface area contributed by atoms with Crippen molar-refractivity contribution < 1.29 is 0 Å². The molecule has 20 heavy (non-hydrogen) atoms. The predicted molar refractivity (Wildman–Crippen MR) is 85.8 cm³/mol. The van der Waals surface area contributed by atoms with Crippen LogP contribution in [-0.2, 0) is 6.42 Å². The Morgan fingerprint density at radius 1 is 1.20 bits per heavy atom. The van der Waals surface area contributed by atoms with E-state index in [0.29, 0.717) is 11.9 Å². The number of benzene rings is 1. The molecule has 1 heterocycles. The Morgan fingerprint density at radius 3 is 2.40 bits per heavy atom. The molecule has 3 rings (SSSR count). The van der Waals surface area contributed by atoms with Crippen molar-refractivity contribution in [1.82, 2.24) is 9.55 Å². The topological polar surface area (TPSA) is 17.8 Å². The maximum absolute atomic E-state index is 6.44. The number of hydrogen-bond donors (Lipinski definition) is 0. The third kappa shape index (κ3) is 1.74. The van der Waals surface area contributed by atoms with Gasteiger partial charge in [0.15, 0.2) is 0 Å². The van der Waals surface area contributed by atoms with Gasteiger partial charge in [0, 0.05) is 18.3 Å². The number of nitrogens with zero attached hydrogens (tertiary/aromatic N) is 2.